The van der Waals surface area contributed by atoms with Crippen LogP contribution >= 0.6 is 12.4 Å². The lowest BCUT2D eigenvalue weighted by atomic mass is 9.98. The second kappa shape index (κ2) is 9.65. The lowest BCUT2D eigenvalue weighted by Gasteiger charge is -2.29. The van der Waals surface area contributed by atoms with E-state index in [0.717, 1.165) is 13.0 Å². The molecule has 1 aromatic heterocycles. The van der Waals surface area contributed by atoms with Crippen molar-refractivity contribution in [3.8, 4) is 22.9 Å². The second-order valence-electron chi connectivity index (χ2n) is 6.17. The lowest BCUT2D eigenvalue weighted by Crippen LogP contribution is -2.38. The highest BCUT2D eigenvalue weighted by molar-refractivity contribution is 5.85. The van der Waals surface area contributed by atoms with Crippen LogP contribution in [0.4, 0.5) is 8.78 Å². The van der Waals surface area contributed by atoms with Crippen LogP contribution in [0.2, 0.25) is 0 Å². The van der Waals surface area contributed by atoms with E-state index in [9.17, 15) is 13.6 Å². The Kier molecular flexibility index (Phi) is 7.53. The van der Waals surface area contributed by atoms with Crippen LogP contribution in [0.25, 0.3) is 11.4 Å². The normalized spacial score (nSPS) is 17.2. The SMILES string of the molecule is COc1cc(-c2noc(CN3CCCC(C(=O)O)C3)n2)ccc1OC(F)F.Cl. The van der Waals surface area contributed by atoms with Gasteiger partial charge < -0.3 is 19.1 Å². The topological polar surface area (TPSA) is 97.9 Å². The van der Waals surface area contributed by atoms with Gasteiger partial charge in [0.25, 0.3) is 0 Å². The van der Waals surface area contributed by atoms with Gasteiger partial charge in [-0.3, -0.25) is 9.69 Å². The molecule has 0 bridgehead atoms. The standard InChI is InChI=1S/C17H19F2N3O5.ClH/c1-25-13-7-10(4-5-12(13)26-17(18)19)15-20-14(27-21-15)9-22-6-2-3-11(8-22)16(23)24;/h4-5,7,11,17H,2-3,6,8-9H2,1H3,(H,23,24);1H. The summed E-state index contributed by atoms with van der Waals surface area (Å²) in [7, 11) is 1.34. The predicted octanol–water partition coefficient (Wildman–Crippen LogP) is 3.07. The van der Waals surface area contributed by atoms with E-state index < -0.39 is 18.5 Å². The smallest absolute Gasteiger partial charge is 0.387 e. The highest BCUT2D eigenvalue weighted by atomic mass is 35.5. The molecule has 1 N–H and O–H groups in total. The van der Waals surface area contributed by atoms with Gasteiger partial charge in [0.1, 0.15) is 0 Å². The summed E-state index contributed by atoms with van der Waals surface area (Å²) in [6, 6.07) is 4.35. The zero-order valence-corrected chi connectivity index (χ0v) is 15.8. The average molecular weight is 420 g/mol. The van der Waals surface area contributed by atoms with Gasteiger partial charge in [-0.2, -0.15) is 13.8 Å². The van der Waals surface area contributed by atoms with Crippen molar-refractivity contribution < 1.29 is 32.7 Å². The van der Waals surface area contributed by atoms with Crippen molar-refractivity contribution in [1.29, 1.82) is 0 Å². The molecular formula is C17H20ClF2N3O5. The summed E-state index contributed by atoms with van der Waals surface area (Å²) < 4.78 is 39.5. The number of aromatic nitrogens is 2. The van der Waals surface area contributed by atoms with Crippen LogP contribution < -0.4 is 9.47 Å². The van der Waals surface area contributed by atoms with Crippen molar-refractivity contribution in [2.75, 3.05) is 20.2 Å². The number of benzene rings is 1. The van der Waals surface area contributed by atoms with Gasteiger partial charge in [0.2, 0.25) is 11.7 Å². The molecule has 1 aliphatic rings. The second-order valence-corrected chi connectivity index (χ2v) is 6.17. The molecule has 1 fully saturated rings. The summed E-state index contributed by atoms with van der Waals surface area (Å²) in [6.45, 7) is -1.42. The van der Waals surface area contributed by atoms with Crippen LogP contribution in [-0.4, -0.2) is 52.9 Å². The number of carboxylic acid groups (broad SMARTS) is 1. The van der Waals surface area contributed by atoms with Gasteiger partial charge in [0.15, 0.2) is 11.5 Å². The van der Waals surface area contributed by atoms with Crippen molar-refractivity contribution >= 4 is 18.4 Å². The molecule has 1 saturated heterocycles. The Bertz CT molecular complexity index is 805. The number of carbonyl (C=O) groups is 1. The Labute approximate surface area is 165 Å². The van der Waals surface area contributed by atoms with Crippen LogP contribution in [-0.2, 0) is 11.3 Å². The molecular weight excluding hydrogens is 400 g/mol. The fourth-order valence-electron chi connectivity index (χ4n) is 3.03. The Hall–Kier alpha value is -2.46. The highest BCUT2D eigenvalue weighted by Crippen LogP contribution is 2.32. The molecule has 3 rings (SSSR count). The van der Waals surface area contributed by atoms with E-state index in [1.54, 1.807) is 0 Å². The number of piperidine rings is 1. The average Bonchev–Trinajstić information content (AvgIpc) is 3.10. The Morgan fingerprint density at radius 3 is 2.89 bits per heavy atom. The summed E-state index contributed by atoms with van der Waals surface area (Å²) in [4.78, 5) is 17.4. The van der Waals surface area contributed by atoms with Crippen LogP contribution in [0, 0.1) is 5.92 Å². The fourth-order valence-corrected chi connectivity index (χ4v) is 3.03. The number of halogens is 3. The minimum Gasteiger partial charge on any atom is -0.493 e. The predicted molar refractivity (Wildman–Crippen MR) is 95.8 cm³/mol. The third-order valence-corrected chi connectivity index (χ3v) is 4.32. The Morgan fingerprint density at radius 2 is 2.21 bits per heavy atom. The first kappa shape index (κ1) is 21.8. The van der Waals surface area contributed by atoms with Crippen LogP contribution in [0.1, 0.15) is 18.7 Å². The lowest BCUT2D eigenvalue weighted by molar-refractivity contribution is -0.143. The van der Waals surface area contributed by atoms with Gasteiger partial charge in [0.05, 0.1) is 19.6 Å². The van der Waals surface area contributed by atoms with E-state index in [1.165, 1.54) is 25.3 Å². The van der Waals surface area contributed by atoms with Gasteiger partial charge in [-0.05, 0) is 37.6 Å². The van der Waals surface area contributed by atoms with Gasteiger partial charge in [0, 0.05) is 12.1 Å². The largest absolute Gasteiger partial charge is 0.493 e. The molecule has 8 nitrogen and oxygen atoms in total. The molecule has 0 radical (unpaired) electrons. The molecule has 2 aromatic rings. The Balaban J connectivity index is 0.00000280. The maximum absolute atomic E-state index is 12.4. The van der Waals surface area contributed by atoms with Gasteiger partial charge in [-0.25, -0.2) is 0 Å². The van der Waals surface area contributed by atoms with E-state index in [4.69, 9.17) is 14.4 Å². The van der Waals surface area contributed by atoms with Crippen molar-refractivity contribution in [2.24, 2.45) is 5.92 Å². The third kappa shape index (κ3) is 5.29. The van der Waals surface area contributed by atoms with Gasteiger partial charge in [-0.15, -0.1) is 12.4 Å². The number of ether oxygens (including phenoxy) is 2. The van der Waals surface area contributed by atoms with E-state index >= 15 is 0 Å². The summed E-state index contributed by atoms with van der Waals surface area (Å²) in [6.07, 6.45) is 1.45. The molecule has 1 atom stereocenters. The number of hydrogen-bond acceptors (Lipinski definition) is 7. The number of nitrogens with zero attached hydrogens (tertiary/aromatic N) is 3. The first-order chi connectivity index (χ1) is 13.0. The van der Waals surface area contributed by atoms with E-state index in [-0.39, 0.29) is 29.7 Å². The van der Waals surface area contributed by atoms with E-state index in [2.05, 4.69) is 14.9 Å². The number of carboxylic acids is 1. The number of methoxy groups -OCH3 is 1. The number of aliphatic carboxylic acids is 1. The number of hydrogen-bond donors (Lipinski definition) is 1. The number of alkyl halides is 2. The maximum atomic E-state index is 12.4. The van der Waals surface area contributed by atoms with Gasteiger partial charge >= 0.3 is 12.6 Å². The van der Waals surface area contributed by atoms with Crippen LogP contribution in [0.15, 0.2) is 22.7 Å². The summed E-state index contributed by atoms with van der Waals surface area (Å²) in [5.41, 5.74) is 0.519. The molecule has 0 amide bonds. The first-order valence-electron chi connectivity index (χ1n) is 8.37. The molecule has 0 aliphatic carbocycles. The molecule has 0 saturated carbocycles. The van der Waals surface area contributed by atoms with Crippen molar-refractivity contribution in [1.82, 2.24) is 15.0 Å². The molecule has 1 unspecified atom stereocenters. The molecule has 28 heavy (non-hydrogen) atoms. The minimum atomic E-state index is -2.96. The molecule has 11 heteroatoms. The summed E-state index contributed by atoms with van der Waals surface area (Å²) in [5.74, 6) is -0.536. The fraction of sp³-hybridized carbons (Fsp3) is 0.471. The molecule has 1 aliphatic heterocycles. The molecule has 154 valence electrons. The molecule has 2 heterocycles. The number of likely N-dealkylation sites (tertiary alicyclic amines) is 1. The van der Waals surface area contributed by atoms with E-state index in [1.807, 2.05) is 4.90 Å². The third-order valence-electron chi connectivity index (χ3n) is 4.32. The first-order valence-corrected chi connectivity index (χ1v) is 8.37. The van der Waals surface area contributed by atoms with E-state index in [0.29, 0.717) is 31.0 Å². The highest BCUT2D eigenvalue weighted by Gasteiger charge is 2.26. The maximum Gasteiger partial charge on any atom is 0.387 e. The minimum absolute atomic E-state index is 0. The monoisotopic (exact) mass is 419 g/mol. The Morgan fingerprint density at radius 1 is 1.43 bits per heavy atom. The van der Waals surface area contributed by atoms with Crippen LogP contribution in [0.3, 0.4) is 0 Å². The summed E-state index contributed by atoms with van der Waals surface area (Å²) >= 11 is 0. The molecule has 0 spiro atoms. The zero-order valence-electron chi connectivity index (χ0n) is 15.0. The van der Waals surface area contributed by atoms with Gasteiger partial charge in [-0.1, -0.05) is 5.16 Å². The van der Waals surface area contributed by atoms with Crippen molar-refractivity contribution in [2.45, 2.75) is 26.0 Å². The summed E-state index contributed by atoms with van der Waals surface area (Å²) in [5, 5.41) is 13.1. The quantitative estimate of drug-likeness (QED) is 0.731. The van der Waals surface area contributed by atoms with Crippen LogP contribution in [0.5, 0.6) is 11.5 Å². The van der Waals surface area contributed by atoms with Crippen molar-refractivity contribution in [3.63, 3.8) is 0 Å². The zero-order chi connectivity index (χ0) is 19.4. The van der Waals surface area contributed by atoms with Crippen molar-refractivity contribution in [3.05, 3.63) is 24.1 Å². The number of rotatable bonds is 7. The molecule has 1 aromatic carbocycles.